The van der Waals surface area contributed by atoms with Crippen LogP contribution in [0, 0.1) is 0 Å². The maximum absolute atomic E-state index is 12.7. The minimum Gasteiger partial charge on any atom is -0.756 e. The molecule has 0 saturated heterocycles. The summed E-state index contributed by atoms with van der Waals surface area (Å²) in [6.45, 7) is 4.29. The van der Waals surface area contributed by atoms with Gasteiger partial charge in [-0.25, -0.2) is 0 Å². The summed E-state index contributed by atoms with van der Waals surface area (Å²) in [5, 5.41) is 13.6. The van der Waals surface area contributed by atoms with Crippen LogP contribution in [0.25, 0.3) is 0 Å². The average molecular weight is 667 g/mol. The Balaban J connectivity index is 4.60. The van der Waals surface area contributed by atoms with E-state index in [1.165, 1.54) is 32.1 Å². The number of aliphatic hydroxyl groups excluding tert-OH is 1. The van der Waals surface area contributed by atoms with E-state index in [0.717, 1.165) is 64.2 Å². The fourth-order valence-corrected chi connectivity index (χ4v) is 5.14. The molecule has 9 heteroatoms. The Morgan fingerprint density at radius 1 is 0.804 bits per heavy atom. The lowest BCUT2D eigenvalue weighted by atomic mass is 10.1. The zero-order valence-electron chi connectivity index (χ0n) is 29.7. The van der Waals surface area contributed by atoms with Gasteiger partial charge in [0.25, 0.3) is 7.82 Å². The van der Waals surface area contributed by atoms with Gasteiger partial charge >= 0.3 is 0 Å². The number of allylic oxidation sites excluding steroid dienone is 9. The highest BCUT2D eigenvalue weighted by Gasteiger charge is 2.23. The van der Waals surface area contributed by atoms with Crippen LogP contribution in [-0.2, 0) is 18.4 Å². The quantitative estimate of drug-likeness (QED) is 0.0264. The smallest absolute Gasteiger partial charge is 0.268 e. The zero-order chi connectivity index (χ0) is 34.4. The summed E-state index contributed by atoms with van der Waals surface area (Å²) in [6, 6.07) is -0.913. The molecule has 0 rings (SSSR count). The number of nitrogens with one attached hydrogen (secondary N) is 1. The Labute approximate surface area is 281 Å². The van der Waals surface area contributed by atoms with Gasteiger partial charge in [0.15, 0.2) is 0 Å². The van der Waals surface area contributed by atoms with Gasteiger partial charge in [0.1, 0.15) is 13.2 Å². The molecule has 0 heterocycles. The van der Waals surface area contributed by atoms with Crippen LogP contribution in [0.4, 0.5) is 0 Å². The summed E-state index contributed by atoms with van der Waals surface area (Å²) in [6.07, 6.45) is 35.7. The Hall–Kier alpha value is -1.80. The summed E-state index contributed by atoms with van der Waals surface area (Å²) in [5.41, 5.74) is 0. The van der Waals surface area contributed by atoms with Gasteiger partial charge in [-0.2, -0.15) is 0 Å². The molecule has 0 fully saturated rings. The number of hydrogen-bond donors (Lipinski definition) is 2. The second kappa shape index (κ2) is 29.3. The van der Waals surface area contributed by atoms with Crippen LogP contribution in [0.3, 0.4) is 0 Å². The second-order valence-electron chi connectivity index (χ2n) is 12.9. The number of unbranched alkanes of at least 4 members (excludes halogenated alkanes) is 11. The molecule has 0 spiro atoms. The van der Waals surface area contributed by atoms with Crippen LogP contribution in [0.2, 0.25) is 0 Å². The maximum Gasteiger partial charge on any atom is 0.268 e. The van der Waals surface area contributed by atoms with Gasteiger partial charge in [0, 0.05) is 6.42 Å². The lowest BCUT2D eigenvalue weighted by Crippen LogP contribution is -2.45. The molecule has 3 atom stereocenters. The van der Waals surface area contributed by atoms with Gasteiger partial charge in [-0.3, -0.25) is 9.36 Å². The molecule has 0 aromatic rings. The van der Waals surface area contributed by atoms with Gasteiger partial charge in [-0.1, -0.05) is 106 Å². The van der Waals surface area contributed by atoms with Crippen LogP contribution in [0.1, 0.15) is 117 Å². The first-order chi connectivity index (χ1) is 22.0. The Bertz CT molecular complexity index is 939. The Morgan fingerprint density at radius 2 is 1.37 bits per heavy atom. The summed E-state index contributed by atoms with van der Waals surface area (Å²) in [4.78, 5) is 25.0. The molecule has 1 amide bonds. The van der Waals surface area contributed by atoms with E-state index in [9.17, 15) is 19.4 Å². The first-order valence-electron chi connectivity index (χ1n) is 17.6. The number of rotatable bonds is 30. The van der Waals surface area contributed by atoms with E-state index in [2.05, 4.69) is 54.8 Å². The van der Waals surface area contributed by atoms with Crippen molar-refractivity contribution in [3.8, 4) is 0 Å². The van der Waals surface area contributed by atoms with Crippen molar-refractivity contribution in [2.24, 2.45) is 0 Å². The van der Waals surface area contributed by atoms with E-state index in [-0.39, 0.29) is 12.5 Å². The minimum absolute atomic E-state index is 0.0146. The largest absolute Gasteiger partial charge is 0.756 e. The first-order valence-corrected chi connectivity index (χ1v) is 19.1. The minimum atomic E-state index is -4.59. The van der Waals surface area contributed by atoms with E-state index in [1.807, 2.05) is 40.2 Å². The summed E-state index contributed by atoms with van der Waals surface area (Å²) in [7, 11) is 1.21. The van der Waals surface area contributed by atoms with Crippen molar-refractivity contribution in [1.82, 2.24) is 5.32 Å². The fourth-order valence-electron chi connectivity index (χ4n) is 4.41. The molecule has 0 saturated carbocycles. The number of phosphoric acid groups is 1. The maximum atomic E-state index is 12.7. The molecule has 2 N–H and O–H groups in total. The number of likely N-dealkylation sites (N-methyl/N-ethyl adjacent to an activating group) is 1. The summed E-state index contributed by atoms with van der Waals surface area (Å²) in [5.74, 6) is -0.232. The number of amides is 1. The van der Waals surface area contributed by atoms with Crippen molar-refractivity contribution >= 4 is 13.7 Å². The standard InChI is InChI=1S/C37H67N2O6P/c1-6-8-10-12-14-16-17-18-19-20-21-23-25-27-29-31-37(41)38-35(34-45-46(42,43)44-33-32-39(3,4)5)36(40)30-28-26-24-22-15-13-11-9-7-2/h7,9,14-18,22,28,30,35-36,40H,6,8,10-13,19-21,23-27,29,31-34H2,1-5H3,(H-,38,41,42,43)/b9-7+,16-14-,18-17-,22-15+,30-28+. The second-order valence-corrected chi connectivity index (χ2v) is 14.3. The predicted octanol–water partition coefficient (Wildman–Crippen LogP) is 8.10. The lowest BCUT2D eigenvalue weighted by Gasteiger charge is -2.29. The SMILES string of the molecule is C/C=C/CC/C=C/CC/C=C/C(O)C(COP(=O)([O-])OCC[N+](C)(C)C)NC(=O)CCCCCCCC/C=C\C=C/CCCCC. The number of carbonyl (C=O) groups excluding carboxylic acids is 1. The normalized spacial score (nSPS) is 15.5. The number of hydrogen-bond acceptors (Lipinski definition) is 6. The van der Waals surface area contributed by atoms with Crippen LogP contribution in [-0.4, -0.2) is 68.5 Å². The van der Waals surface area contributed by atoms with Crippen molar-refractivity contribution in [3.05, 3.63) is 60.8 Å². The predicted molar refractivity (Wildman–Crippen MR) is 191 cm³/mol. The molecule has 0 aliphatic rings. The highest BCUT2D eigenvalue weighted by Crippen LogP contribution is 2.38. The van der Waals surface area contributed by atoms with Gasteiger partial charge in [-0.05, 0) is 64.7 Å². The molecule has 8 nitrogen and oxygen atoms in total. The van der Waals surface area contributed by atoms with Crippen LogP contribution in [0.15, 0.2) is 60.8 Å². The first kappa shape index (κ1) is 44.2. The van der Waals surface area contributed by atoms with E-state index >= 15 is 0 Å². The van der Waals surface area contributed by atoms with Crippen LogP contribution < -0.4 is 10.2 Å². The highest BCUT2D eigenvalue weighted by molar-refractivity contribution is 7.45. The number of nitrogens with zero attached hydrogens (tertiary/aromatic N) is 1. The van der Waals surface area contributed by atoms with E-state index in [0.29, 0.717) is 17.4 Å². The molecule has 0 aliphatic heterocycles. The molecule has 0 aromatic carbocycles. The monoisotopic (exact) mass is 666 g/mol. The average Bonchev–Trinajstić information content (AvgIpc) is 2.99. The Kier molecular flexibility index (Phi) is 28.2. The molecule has 0 bridgehead atoms. The van der Waals surface area contributed by atoms with Crippen molar-refractivity contribution in [3.63, 3.8) is 0 Å². The fraction of sp³-hybridized carbons (Fsp3) is 0.703. The number of aliphatic hydroxyl groups is 1. The van der Waals surface area contributed by atoms with Crippen molar-refractivity contribution in [1.29, 1.82) is 0 Å². The van der Waals surface area contributed by atoms with Gasteiger partial charge < -0.3 is 28.8 Å². The van der Waals surface area contributed by atoms with Crippen LogP contribution in [0.5, 0.6) is 0 Å². The van der Waals surface area contributed by atoms with Gasteiger partial charge in [0.2, 0.25) is 5.91 Å². The van der Waals surface area contributed by atoms with Crippen LogP contribution >= 0.6 is 7.82 Å². The molecular weight excluding hydrogens is 599 g/mol. The van der Waals surface area contributed by atoms with Gasteiger partial charge in [0.05, 0.1) is 39.9 Å². The van der Waals surface area contributed by atoms with E-state index in [4.69, 9.17) is 9.05 Å². The third-order valence-corrected chi connectivity index (χ3v) is 8.26. The molecule has 46 heavy (non-hydrogen) atoms. The number of quaternary nitrogens is 1. The third-order valence-electron chi connectivity index (χ3n) is 7.30. The molecule has 0 aromatic heterocycles. The van der Waals surface area contributed by atoms with Crippen molar-refractivity contribution in [2.45, 2.75) is 129 Å². The molecule has 0 radical (unpaired) electrons. The topological polar surface area (TPSA) is 108 Å². The number of carbonyl (C=O) groups is 1. The molecular formula is C37H67N2O6P. The molecule has 0 aliphatic carbocycles. The highest BCUT2D eigenvalue weighted by atomic mass is 31.2. The summed E-state index contributed by atoms with van der Waals surface area (Å²) >= 11 is 0. The Morgan fingerprint density at radius 3 is 1.98 bits per heavy atom. The zero-order valence-corrected chi connectivity index (χ0v) is 30.6. The summed E-state index contributed by atoms with van der Waals surface area (Å²) < 4.78 is 23.0. The molecule has 3 unspecified atom stereocenters. The van der Waals surface area contributed by atoms with E-state index < -0.39 is 26.6 Å². The van der Waals surface area contributed by atoms with Crippen molar-refractivity contribution < 1.29 is 32.9 Å². The van der Waals surface area contributed by atoms with E-state index in [1.54, 1.807) is 6.08 Å². The lowest BCUT2D eigenvalue weighted by molar-refractivity contribution is -0.870. The third kappa shape index (κ3) is 30.8. The van der Waals surface area contributed by atoms with Gasteiger partial charge in [-0.15, -0.1) is 0 Å². The molecule has 266 valence electrons. The number of phosphoric ester groups is 1. The van der Waals surface area contributed by atoms with Crippen molar-refractivity contribution in [2.75, 3.05) is 40.9 Å².